The third-order valence-corrected chi connectivity index (χ3v) is 2.41. The molecular weight excluding hydrogens is 274 g/mol. The number of carboxylic acids is 1. The third kappa shape index (κ3) is 3.21. The molecule has 0 aliphatic heterocycles. The van der Waals surface area contributed by atoms with Crippen molar-refractivity contribution in [2.45, 2.75) is 6.42 Å². The lowest BCUT2D eigenvalue weighted by molar-refractivity contribution is -0.136. The van der Waals surface area contributed by atoms with Crippen molar-refractivity contribution in [3.8, 4) is 6.07 Å². The second-order valence-corrected chi connectivity index (χ2v) is 4.12. The van der Waals surface area contributed by atoms with Crippen molar-refractivity contribution < 1.29 is 9.90 Å². The van der Waals surface area contributed by atoms with E-state index in [1.165, 1.54) is 0 Å². The van der Waals surface area contributed by atoms with Gasteiger partial charge in [-0.05, 0) is 22.0 Å². The summed E-state index contributed by atoms with van der Waals surface area (Å²) in [6.07, 6.45) is 1.59. The van der Waals surface area contributed by atoms with E-state index < -0.39 is 5.97 Å². The average Bonchev–Trinajstić information content (AvgIpc) is 2.25. The minimum absolute atomic E-state index is 0.0130. The summed E-state index contributed by atoms with van der Waals surface area (Å²) in [4.78, 5) is 16.2. The SMILES string of the molecule is CN(CCC(=O)O)c1ncc(Br)cc1C#N. The molecule has 0 fully saturated rings. The number of aliphatic carboxylic acids is 1. The van der Waals surface area contributed by atoms with Gasteiger partial charge in [0, 0.05) is 24.3 Å². The number of hydrogen-bond donors (Lipinski definition) is 1. The quantitative estimate of drug-likeness (QED) is 0.909. The van der Waals surface area contributed by atoms with Crippen molar-refractivity contribution in [1.82, 2.24) is 4.98 Å². The minimum Gasteiger partial charge on any atom is -0.481 e. The molecule has 16 heavy (non-hydrogen) atoms. The molecule has 0 saturated carbocycles. The number of carboxylic acid groups (broad SMARTS) is 1. The van der Waals surface area contributed by atoms with Crippen LogP contribution in [0.5, 0.6) is 0 Å². The molecule has 6 heteroatoms. The average molecular weight is 284 g/mol. The van der Waals surface area contributed by atoms with Crippen LogP contribution in [0.25, 0.3) is 0 Å². The van der Waals surface area contributed by atoms with E-state index in [4.69, 9.17) is 10.4 Å². The van der Waals surface area contributed by atoms with Gasteiger partial charge in [0.15, 0.2) is 0 Å². The monoisotopic (exact) mass is 283 g/mol. The molecule has 1 rings (SSSR count). The summed E-state index contributed by atoms with van der Waals surface area (Å²) >= 11 is 3.22. The smallest absolute Gasteiger partial charge is 0.305 e. The van der Waals surface area contributed by atoms with E-state index in [1.807, 2.05) is 6.07 Å². The molecular formula is C10H10BrN3O2. The van der Waals surface area contributed by atoms with E-state index in [0.717, 1.165) is 4.47 Å². The Balaban J connectivity index is 2.87. The standard InChI is InChI=1S/C10H10BrN3O2/c1-14(3-2-9(15)16)10-7(5-12)4-8(11)6-13-10/h4,6H,2-3H2,1H3,(H,15,16). The molecule has 0 bridgehead atoms. The van der Waals surface area contributed by atoms with Gasteiger partial charge in [-0.15, -0.1) is 0 Å². The number of pyridine rings is 1. The van der Waals surface area contributed by atoms with E-state index in [1.54, 1.807) is 24.2 Å². The van der Waals surface area contributed by atoms with Crippen molar-refractivity contribution in [2.24, 2.45) is 0 Å². The Morgan fingerprint density at radius 2 is 2.44 bits per heavy atom. The molecule has 0 aromatic carbocycles. The zero-order valence-corrected chi connectivity index (χ0v) is 10.2. The zero-order valence-electron chi connectivity index (χ0n) is 8.64. The van der Waals surface area contributed by atoms with Crippen LogP contribution in [0.3, 0.4) is 0 Å². The molecule has 1 N–H and O–H groups in total. The number of hydrogen-bond acceptors (Lipinski definition) is 4. The second-order valence-electron chi connectivity index (χ2n) is 3.20. The van der Waals surface area contributed by atoms with Crippen LogP contribution in [-0.2, 0) is 4.79 Å². The highest BCUT2D eigenvalue weighted by atomic mass is 79.9. The van der Waals surface area contributed by atoms with Crippen molar-refractivity contribution in [1.29, 1.82) is 5.26 Å². The van der Waals surface area contributed by atoms with Crippen LogP contribution >= 0.6 is 15.9 Å². The number of aromatic nitrogens is 1. The molecule has 0 amide bonds. The van der Waals surface area contributed by atoms with Crippen LogP contribution in [-0.4, -0.2) is 29.7 Å². The molecule has 1 aromatic heterocycles. The number of carbonyl (C=O) groups is 1. The first kappa shape index (κ1) is 12.5. The topological polar surface area (TPSA) is 77.2 Å². The number of halogens is 1. The first-order valence-corrected chi connectivity index (χ1v) is 5.32. The van der Waals surface area contributed by atoms with Gasteiger partial charge in [0.25, 0.3) is 0 Å². The van der Waals surface area contributed by atoms with Gasteiger partial charge in [-0.25, -0.2) is 4.98 Å². The maximum absolute atomic E-state index is 10.4. The number of nitriles is 1. The van der Waals surface area contributed by atoms with Crippen LogP contribution in [0.15, 0.2) is 16.7 Å². The molecule has 0 unspecified atom stereocenters. The molecule has 0 atom stereocenters. The van der Waals surface area contributed by atoms with Crippen LogP contribution < -0.4 is 4.90 Å². The lowest BCUT2D eigenvalue weighted by atomic mass is 10.2. The Kier molecular flexibility index (Phi) is 4.26. The lowest BCUT2D eigenvalue weighted by Crippen LogP contribution is -2.22. The molecule has 1 heterocycles. The van der Waals surface area contributed by atoms with Gasteiger partial charge in [-0.1, -0.05) is 0 Å². The van der Waals surface area contributed by atoms with Gasteiger partial charge in [-0.3, -0.25) is 4.79 Å². The van der Waals surface area contributed by atoms with Gasteiger partial charge in [-0.2, -0.15) is 5.26 Å². The summed E-state index contributed by atoms with van der Waals surface area (Å²) in [5, 5.41) is 17.5. The van der Waals surface area contributed by atoms with Gasteiger partial charge >= 0.3 is 5.97 Å². The summed E-state index contributed by atoms with van der Waals surface area (Å²) in [5.74, 6) is -0.380. The lowest BCUT2D eigenvalue weighted by Gasteiger charge is -2.18. The van der Waals surface area contributed by atoms with E-state index >= 15 is 0 Å². The fourth-order valence-electron chi connectivity index (χ4n) is 1.19. The predicted octanol–water partition coefficient (Wildman–Crippen LogP) is 1.63. The van der Waals surface area contributed by atoms with Crippen molar-refractivity contribution in [3.05, 3.63) is 22.3 Å². The van der Waals surface area contributed by atoms with E-state index in [2.05, 4.69) is 20.9 Å². The maximum Gasteiger partial charge on any atom is 0.305 e. The molecule has 84 valence electrons. The van der Waals surface area contributed by atoms with Gasteiger partial charge in [0.1, 0.15) is 11.9 Å². The van der Waals surface area contributed by atoms with Gasteiger partial charge < -0.3 is 10.0 Å². The largest absolute Gasteiger partial charge is 0.481 e. The van der Waals surface area contributed by atoms with E-state index in [9.17, 15) is 4.79 Å². The van der Waals surface area contributed by atoms with Crippen LogP contribution in [0, 0.1) is 11.3 Å². The first-order valence-electron chi connectivity index (χ1n) is 4.53. The van der Waals surface area contributed by atoms with Gasteiger partial charge in [0.05, 0.1) is 12.0 Å². The highest BCUT2D eigenvalue weighted by Crippen LogP contribution is 2.19. The predicted molar refractivity (Wildman–Crippen MR) is 62.2 cm³/mol. The summed E-state index contributed by atoms with van der Waals surface area (Å²) in [6.45, 7) is 0.318. The number of anilines is 1. The highest BCUT2D eigenvalue weighted by Gasteiger charge is 2.10. The molecule has 0 radical (unpaired) electrons. The van der Waals surface area contributed by atoms with E-state index in [-0.39, 0.29) is 6.42 Å². The minimum atomic E-state index is -0.873. The van der Waals surface area contributed by atoms with Crippen molar-refractivity contribution in [2.75, 3.05) is 18.5 Å². The molecule has 5 nitrogen and oxygen atoms in total. The van der Waals surface area contributed by atoms with Crippen LogP contribution in [0.4, 0.5) is 5.82 Å². The van der Waals surface area contributed by atoms with Gasteiger partial charge in [0.2, 0.25) is 0 Å². The summed E-state index contributed by atoms with van der Waals surface area (Å²) in [7, 11) is 1.71. The third-order valence-electron chi connectivity index (χ3n) is 1.98. The normalized spacial score (nSPS) is 9.56. The molecule has 0 saturated heterocycles. The van der Waals surface area contributed by atoms with Crippen molar-refractivity contribution >= 4 is 27.7 Å². The Labute approximate surface area is 101 Å². The maximum atomic E-state index is 10.4. The Morgan fingerprint density at radius 1 is 1.75 bits per heavy atom. The van der Waals surface area contributed by atoms with Crippen LogP contribution in [0.2, 0.25) is 0 Å². The second kappa shape index (κ2) is 5.47. The summed E-state index contributed by atoms with van der Waals surface area (Å²) in [5.41, 5.74) is 0.419. The molecule has 0 spiro atoms. The van der Waals surface area contributed by atoms with Crippen LogP contribution in [0.1, 0.15) is 12.0 Å². The van der Waals surface area contributed by atoms with E-state index in [0.29, 0.717) is 17.9 Å². The fraction of sp³-hybridized carbons (Fsp3) is 0.300. The highest BCUT2D eigenvalue weighted by molar-refractivity contribution is 9.10. The number of rotatable bonds is 4. The Bertz CT molecular complexity index is 442. The zero-order chi connectivity index (χ0) is 12.1. The summed E-state index contributed by atoms with van der Waals surface area (Å²) in [6, 6.07) is 3.68. The molecule has 0 aliphatic rings. The first-order chi connectivity index (χ1) is 7.54. The van der Waals surface area contributed by atoms with Crippen molar-refractivity contribution in [3.63, 3.8) is 0 Å². The molecule has 0 aliphatic carbocycles. The molecule has 1 aromatic rings. The fourth-order valence-corrected chi connectivity index (χ4v) is 1.52. The summed E-state index contributed by atoms with van der Waals surface area (Å²) < 4.78 is 0.722. The number of nitrogens with zero attached hydrogens (tertiary/aromatic N) is 3. The Hall–Kier alpha value is -1.61. The Morgan fingerprint density at radius 3 is 3.00 bits per heavy atom.